The third kappa shape index (κ3) is 2.69. The Bertz CT molecular complexity index is 243. The van der Waals surface area contributed by atoms with E-state index in [0.717, 1.165) is 0 Å². The topological polar surface area (TPSA) is 18.5 Å². The van der Waals surface area contributed by atoms with Crippen LogP contribution in [0, 0.1) is 5.92 Å². The summed E-state index contributed by atoms with van der Waals surface area (Å²) in [5.74, 6) is 0.665. The maximum absolute atomic E-state index is 6.38. The van der Waals surface area contributed by atoms with Gasteiger partial charge in [-0.25, -0.2) is 0 Å². The summed E-state index contributed by atoms with van der Waals surface area (Å²) >= 11 is 0. The lowest BCUT2D eigenvalue weighted by Crippen LogP contribution is -2.44. The average molecular weight is 242 g/mol. The highest BCUT2D eigenvalue weighted by atomic mass is 28.4. The number of hydrogen-bond donors (Lipinski definition) is 0. The molecule has 0 bridgehead atoms. The Morgan fingerprint density at radius 2 is 1.69 bits per heavy atom. The minimum atomic E-state index is -1.41. The molecular formula is C13H26O2Si. The third-order valence-corrected chi connectivity index (χ3v) is 5.04. The minimum Gasteiger partial charge on any atom is -0.414 e. The van der Waals surface area contributed by atoms with Crippen LogP contribution in [0.3, 0.4) is 0 Å². The smallest absolute Gasteiger partial charge is 0.184 e. The molecule has 0 aromatic rings. The van der Waals surface area contributed by atoms with E-state index < -0.39 is 8.32 Å². The molecule has 0 aromatic heterocycles. The molecule has 0 N–H and O–H groups in total. The molecule has 2 fully saturated rings. The Kier molecular flexibility index (Phi) is 3.48. The molecule has 0 saturated heterocycles. The fourth-order valence-corrected chi connectivity index (χ4v) is 4.33. The summed E-state index contributed by atoms with van der Waals surface area (Å²) < 4.78 is 12.1. The predicted octanol–water partition coefficient (Wildman–Crippen LogP) is 3.58. The van der Waals surface area contributed by atoms with Crippen molar-refractivity contribution in [3.05, 3.63) is 0 Å². The van der Waals surface area contributed by atoms with Gasteiger partial charge < -0.3 is 9.16 Å². The summed E-state index contributed by atoms with van der Waals surface area (Å²) in [6, 6.07) is 0. The zero-order chi connectivity index (χ0) is 11.8. The highest BCUT2D eigenvalue weighted by Crippen LogP contribution is 2.51. The monoisotopic (exact) mass is 242 g/mol. The highest BCUT2D eigenvalue weighted by molar-refractivity contribution is 6.69. The molecule has 0 aromatic carbocycles. The molecule has 2 rings (SSSR count). The second-order valence-corrected chi connectivity index (χ2v) is 10.9. The molecule has 3 heteroatoms. The maximum atomic E-state index is 6.38. The Morgan fingerprint density at radius 3 is 2.19 bits per heavy atom. The fraction of sp³-hybridized carbons (Fsp3) is 1.00. The Hall–Kier alpha value is 0.137. The van der Waals surface area contributed by atoms with Crippen LogP contribution < -0.4 is 0 Å². The molecule has 16 heavy (non-hydrogen) atoms. The Morgan fingerprint density at radius 1 is 1.06 bits per heavy atom. The van der Waals surface area contributed by atoms with Crippen molar-refractivity contribution in [2.75, 3.05) is 7.11 Å². The molecule has 2 saturated carbocycles. The normalized spacial score (nSPS) is 33.8. The van der Waals surface area contributed by atoms with Crippen LogP contribution in [-0.4, -0.2) is 27.1 Å². The van der Waals surface area contributed by atoms with Gasteiger partial charge in [0.25, 0.3) is 0 Å². The van der Waals surface area contributed by atoms with E-state index in [1.54, 1.807) is 0 Å². The molecule has 94 valence electrons. The summed E-state index contributed by atoms with van der Waals surface area (Å²) in [4.78, 5) is 0. The van der Waals surface area contributed by atoms with Crippen molar-refractivity contribution in [1.82, 2.24) is 0 Å². The van der Waals surface area contributed by atoms with E-state index >= 15 is 0 Å². The Balaban J connectivity index is 2.03. The molecule has 2 aliphatic rings. The fourth-order valence-electron chi connectivity index (χ4n) is 3.14. The number of methoxy groups -OCH3 is 1. The van der Waals surface area contributed by atoms with Gasteiger partial charge in [-0.15, -0.1) is 0 Å². The molecular weight excluding hydrogens is 216 g/mol. The van der Waals surface area contributed by atoms with Gasteiger partial charge in [0.05, 0.1) is 11.7 Å². The summed E-state index contributed by atoms with van der Waals surface area (Å²) in [5.41, 5.74) is 0.199. The van der Waals surface area contributed by atoms with Crippen molar-refractivity contribution in [3.63, 3.8) is 0 Å². The summed E-state index contributed by atoms with van der Waals surface area (Å²) in [7, 11) is 0.476. The van der Waals surface area contributed by atoms with Crippen molar-refractivity contribution in [1.29, 1.82) is 0 Å². The van der Waals surface area contributed by atoms with E-state index in [-0.39, 0.29) is 5.60 Å². The van der Waals surface area contributed by atoms with E-state index in [4.69, 9.17) is 9.16 Å². The molecule has 0 amide bonds. The summed E-state index contributed by atoms with van der Waals surface area (Å²) in [6.07, 6.45) is 8.23. The van der Waals surface area contributed by atoms with E-state index in [0.29, 0.717) is 12.0 Å². The molecule has 0 heterocycles. The van der Waals surface area contributed by atoms with Gasteiger partial charge in [-0.2, -0.15) is 0 Å². The quantitative estimate of drug-likeness (QED) is 0.702. The van der Waals surface area contributed by atoms with Crippen molar-refractivity contribution in [2.45, 2.75) is 69.9 Å². The first kappa shape index (κ1) is 12.6. The van der Waals surface area contributed by atoms with E-state index in [1.165, 1.54) is 38.5 Å². The molecule has 2 nitrogen and oxygen atoms in total. The number of rotatable bonds is 4. The molecule has 0 aliphatic heterocycles. The number of hydrogen-bond acceptors (Lipinski definition) is 2. The van der Waals surface area contributed by atoms with Crippen LogP contribution in [0.5, 0.6) is 0 Å². The van der Waals surface area contributed by atoms with Crippen LogP contribution in [0.25, 0.3) is 0 Å². The number of ether oxygens (including phenoxy) is 1. The van der Waals surface area contributed by atoms with Gasteiger partial charge in [0.2, 0.25) is 0 Å². The molecule has 0 radical (unpaired) electrons. The van der Waals surface area contributed by atoms with Crippen LogP contribution in [0.1, 0.15) is 38.5 Å². The molecule has 2 aliphatic carbocycles. The highest BCUT2D eigenvalue weighted by Gasteiger charge is 2.53. The van der Waals surface area contributed by atoms with E-state index in [1.807, 2.05) is 7.11 Å². The zero-order valence-corrected chi connectivity index (χ0v) is 12.2. The van der Waals surface area contributed by atoms with Crippen molar-refractivity contribution in [2.24, 2.45) is 5.92 Å². The standard InChI is InChI=1S/C13H26O2Si/c1-14-13(9-10-13)11-7-5-6-8-12(11)15-16(2,3)4/h11-12H,5-10H2,1-4H3/t11-,12-/m0/s1. The van der Waals surface area contributed by atoms with E-state index in [9.17, 15) is 0 Å². The van der Waals surface area contributed by atoms with Crippen LogP contribution in [0.2, 0.25) is 19.6 Å². The first-order valence-electron chi connectivity index (χ1n) is 6.70. The first-order chi connectivity index (χ1) is 7.47. The lowest BCUT2D eigenvalue weighted by Gasteiger charge is -2.40. The molecule has 2 atom stereocenters. The molecule has 0 spiro atoms. The zero-order valence-electron chi connectivity index (χ0n) is 11.2. The average Bonchev–Trinajstić information content (AvgIpc) is 2.97. The summed E-state index contributed by atoms with van der Waals surface area (Å²) in [6.45, 7) is 6.89. The molecule has 0 unspecified atom stereocenters. The van der Waals surface area contributed by atoms with Crippen molar-refractivity contribution < 1.29 is 9.16 Å². The van der Waals surface area contributed by atoms with Crippen LogP contribution >= 0.6 is 0 Å². The van der Waals surface area contributed by atoms with Gasteiger partial charge in [-0.1, -0.05) is 12.8 Å². The SMILES string of the molecule is COC1([C@H]2CCCC[C@@H]2O[Si](C)(C)C)CC1. The van der Waals surface area contributed by atoms with Gasteiger partial charge in [0, 0.05) is 13.0 Å². The first-order valence-corrected chi connectivity index (χ1v) is 10.1. The van der Waals surface area contributed by atoms with Crippen LogP contribution in [0.4, 0.5) is 0 Å². The van der Waals surface area contributed by atoms with Crippen molar-refractivity contribution >= 4 is 8.32 Å². The van der Waals surface area contributed by atoms with Gasteiger partial charge in [-0.3, -0.25) is 0 Å². The second-order valence-electron chi connectivity index (χ2n) is 6.43. The lowest BCUT2D eigenvalue weighted by atomic mass is 9.81. The minimum absolute atomic E-state index is 0.199. The van der Waals surface area contributed by atoms with Gasteiger partial charge in [0.1, 0.15) is 0 Å². The van der Waals surface area contributed by atoms with Crippen LogP contribution in [-0.2, 0) is 9.16 Å². The second kappa shape index (κ2) is 4.43. The lowest BCUT2D eigenvalue weighted by molar-refractivity contribution is -0.0434. The largest absolute Gasteiger partial charge is 0.414 e. The Labute approximate surface area is 101 Å². The predicted molar refractivity (Wildman–Crippen MR) is 69.2 cm³/mol. The summed E-state index contributed by atoms with van der Waals surface area (Å²) in [5, 5.41) is 0. The van der Waals surface area contributed by atoms with Crippen LogP contribution in [0.15, 0.2) is 0 Å². The van der Waals surface area contributed by atoms with Crippen molar-refractivity contribution in [3.8, 4) is 0 Å². The third-order valence-electron chi connectivity index (χ3n) is 4.03. The van der Waals surface area contributed by atoms with Gasteiger partial charge >= 0.3 is 0 Å². The van der Waals surface area contributed by atoms with Gasteiger partial charge in [-0.05, 0) is 45.3 Å². The van der Waals surface area contributed by atoms with Gasteiger partial charge in [0.15, 0.2) is 8.32 Å². The van der Waals surface area contributed by atoms with E-state index in [2.05, 4.69) is 19.6 Å². The maximum Gasteiger partial charge on any atom is 0.184 e.